The molecule has 0 amide bonds. The third-order valence-corrected chi connectivity index (χ3v) is 4.57. The second-order valence-electron chi connectivity index (χ2n) is 5.18. The molecule has 2 nitrogen and oxygen atoms in total. The van der Waals surface area contributed by atoms with Gasteiger partial charge in [0.2, 0.25) is 0 Å². The molecule has 0 radical (unpaired) electrons. The molecular weight excluding hydrogens is 220 g/mol. The first-order chi connectivity index (χ1) is 7.76. The quantitative estimate of drug-likeness (QED) is 0.761. The van der Waals surface area contributed by atoms with E-state index in [2.05, 4.69) is 0 Å². The van der Waals surface area contributed by atoms with Gasteiger partial charge in [-0.25, -0.2) is 0 Å². The van der Waals surface area contributed by atoms with E-state index in [1.165, 1.54) is 32.1 Å². The first kappa shape index (κ1) is 12.4. The van der Waals surface area contributed by atoms with E-state index in [0.29, 0.717) is 11.5 Å². The van der Waals surface area contributed by atoms with Gasteiger partial charge in [0.05, 0.1) is 11.4 Å². The zero-order valence-electron chi connectivity index (χ0n) is 10.2. The molecule has 92 valence electrons. The molecule has 0 aromatic carbocycles. The fourth-order valence-electron chi connectivity index (χ4n) is 3.11. The molecule has 16 heavy (non-hydrogen) atoms. The first-order valence-electron chi connectivity index (χ1n) is 6.41. The maximum Gasteiger partial charge on any atom is 0.145 e. The molecule has 1 aliphatic carbocycles. The van der Waals surface area contributed by atoms with Crippen molar-refractivity contribution in [3.8, 4) is 0 Å². The summed E-state index contributed by atoms with van der Waals surface area (Å²) in [5.74, 6) is 1.40. The van der Waals surface area contributed by atoms with Crippen LogP contribution >= 0.6 is 11.8 Å². The van der Waals surface area contributed by atoms with E-state index < -0.39 is 0 Å². The van der Waals surface area contributed by atoms with Crippen molar-refractivity contribution < 1.29 is 9.53 Å². The number of hydrogen-bond acceptors (Lipinski definition) is 3. The van der Waals surface area contributed by atoms with Gasteiger partial charge in [0, 0.05) is 12.5 Å². The topological polar surface area (TPSA) is 26.3 Å². The van der Waals surface area contributed by atoms with Gasteiger partial charge in [0.1, 0.15) is 5.78 Å². The van der Waals surface area contributed by atoms with Crippen LogP contribution in [0.25, 0.3) is 0 Å². The average Bonchev–Trinajstić information content (AvgIpc) is 2.30. The number of hydrogen-bond donors (Lipinski definition) is 0. The Balaban J connectivity index is 1.94. The summed E-state index contributed by atoms with van der Waals surface area (Å²) in [6, 6.07) is 0. The van der Waals surface area contributed by atoms with Gasteiger partial charge >= 0.3 is 0 Å². The van der Waals surface area contributed by atoms with Gasteiger partial charge < -0.3 is 4.74 Å². The number of ether oxygens (including phenoxy) is 1. The van der Waals surface area contributed by atoms with Gasteiger partial charge in [-0.1, -0.05) is 19.3 Å². The molecule has 1 unspecified atom stereocenters. The number of Topliss-reactive ketones (excluding diaryl/α,β-unsaturated/α-hetero) is 1. The maximum absolute atomic E-state index is 11.9. The van der Waals surface area contributed by atoms with Crippen LogP contribution in [0.15, 0.2) is 0 Å². The van der Waals surface area contributed by atoms with Crippen LogP contribution in [0.2, 0.25) is 0 Å². The minimum absolute atomic E-state index is 0.0786. The largest absolute Gasteiger partial charge is 0.375 e. The number of carbonyl (C=O) groups excluding carboxylic acids is 1. The minimum Gasteiger partial charge on any atom is -0.375 e. The van der Waals surface area contributed by atoms with Crippen molar-refractivity contribution in [3.63, 3.8) is 0 Å². The van der Waals surface area contributed by atoms with Crippen molar-refractivity contribution in [3.05, 3.63) is 0 Å². The Hall–Kier alpha value is -0.0200. The van der Waals surface area contributed by atoms with Crippen LogP contribution < -0.4 is 0 Å². The molecule has 0 aromatic heterocycles. The molecule has 3 heteroatoms. The SMILES string of the molecule is CSCC(=O)C1CCOC2(CCCCC2)C1. The molecule has 2 aliphatic rings. The van der Waals surface area contributed by atoms with Gasteiger partial charge in [-0.05, 0) is 31.9 Å². The van der Waals surface area contributed by atoms with Gasteiger partial charge in [-0.3, -0.25) is 4.79 Å². The lowest BCUT2D eigenvalue weighted by Gasteiger charge is -2.43. The van der Waals surface area contributed by atoms with Crippen LogP contribution in [0, 0.1) is 5.92 Å². The summed E-state index contributed by atoms with van der Waals surface area (Å²) in [4.78, 5) is 11.9. The summed E-state index contributed by atoms with van der Waals surface area (Å²) in [7, 11) is 0. The lowest BCUT2D eigenvalue weighted by Crippen LogP contribution is -2.43. The predicted octanol–water partition coefficient (Wildman–Crippen LogP) is 3.05. The zero-order chi connectivity index (χ0) is 11.4. The van der Waals surface area contributed by atoms with Crippen molar-refractivity contribution in [1.82, 2.24) is 0 Å². The lowest BCUT2D eigenvalue weighted by atomic mass is 9.75. The van der Waals surface area contributed by atoms with E-state index in [1.807, 2.05) is 6.26 Å². The summed E-state index contributed by atoms with van der Waals surface area (Å²) >= 11 is 1.65. The molecule has 2 fully saturated rings. The Kier molecular flexibility index (Phi) is 4.31. The van der Waals surface area contributed by atoms with Crippen LogP contribution in [0.1, 0.15) is 44.9 Å². The monoisotopic (exact) mass is 242 g/mol. The van der Waals surface area contributed by atoms with Crippen LogP contribution in [-0.4, -0.2) is 30.0 Å². The second-order valence-corrected chi connectivity index (χ2v) is 6.05. The summed E-state index contributed by atoms with van der Waals surface area (Å²) in [5.41, 5.74) is 0.0786. The third-order valence-electron chi connectivity index (χ3n) is 4.00. The van der Waals surface area contributed by atoms with E-state index in [4.69, 9.17) is 4.74 Å². The van der Waals surface area contributed by atoms with E-state index in [-0.39, 0.29) is 11.5 Å². The summed E-state index contributed by atoms with van der Waals surface area (Å²) in [6.07, 6.45) is 10.2. The summed E-state index contributed by atoms with van der Waals surface area (Å²) < 4.78 is 6.01. The zero-order valence-corrected chi connectivity index (χ0v) is 11.0. The van der Waals surface area contributed by atoms with Gasteiger partial charge in [-0.15, -0.1) is 0 Å². The Bertz CT molecular complexity index is 241. The highest BCUT2D eigenvalue weighted by Crippen LogP contribution is 2.40. The van der Waals surface area contributed by atoms with E-state index in [0.717, 1.165) is 19.4 Å². The molecule has 1 saturated carbocycles. The normalized spacial score (nSPS) is 29.2. The van der Waals surface area contributed by atoms with E-state index >= 15 is 0 Å². The number of ketones is 1. The van der Waals surface area contributed by atoms with Crippen molar-refractivity contribution in [2.24, 2.45) is 5.92 Å². The third kappa shape index (κ3) is 2.80. The number of thioether (sulfide) groups is 1. The fourth-order valence-corrected chi connectivity index (χ4v) is 3.63. The Morgan fingerprint density at radius 1 is 1.38 bits per heavy atom. The van der Waals surface area contributed by atoms with Gasteiger partial charge in [0.25, 0.3) is 0 Å². The molecule has 1 aliphatic heterocycles. The molecule has 1 saturated heterocycles. The molecule has 1 spiro atoms. The minimum atomic E-state index is 0.0786. The number of carbonyl (C=O) groups is 1. The fraction of sp³-hybridized carbons (Fsp3) is 0.923. The summed E-state index contributed by atoms with van der Waals surface area (Å²) in [6.45, 7) is 0.796. The van der Waals surface area contributed by atoms with E-state index in [9.17, 15) is 4.79 Å². The maximum atomic E-state index is 11.9. The molecule has 1 heterocycles. The molecule has 0 bridgehead atoms. The highest BCUT2D eigenvalue weighted by molar-refractivity contribution is 7.99. The Morgan fingerprint density at radius 3 is 2.81 bits per heavy atom. The Labute approximate surface area is 103 Å². The average molecular weight is 242 g/mol. The van der Waals surface area contributed by atoms with Gasteiger partial charge in [-0.2, -0.15) is 11.8 Å². The van der Waals surface area contributed by atoms with Crippen molar-refractivity contribution >= 4 is 17.5 Å². The Morgan fingerprint density at radius 2 is 2.12 bits per heavy atom. The van der Waals surface area contributed by atoms with Crippen LogP contribution in [0.3, 0.4) is 0 Å². The molecule has 1 atom stereocenters. The van der Waals surface area contributed by atoms with Crippen molar-refractivity contribution in [1.29, 1.82) is 0 Å². The molecule has 0 N–H and O–H groups in total. The summed E-state index contributed by atoms with van der Waals surface area (Å²) in [5, 5.41) is 0. The second kappa shape index (κ2) is 5.54. The van der Waals surface area contributed by atoms with Crippen LogP contribution in [0.4, 0.5) is 0 Å². The van der Waals surface area contributed by atoms with E-state index in [1.54, 1.807) is 11.8 Å². The lowest BCUT2D eigenvalue weighted by molar-refractivity contribution is -0.140. The number of rotatable bonds is 3. The van der Waals surface area contributed by atoms with Crippen LogP contribution in [-0.2, 0) is 9.53 Å². The molecule has 2 rings (SSSR count). The predicted molar refractivity (Wildman–Crippen MR) is 67.9 cm³/mol. The molecular formula is C13H22O2S. The molecule has 0 aromatic rings. The smallest absolute Gasteiger partial charge is 0.145 e. The van der Waals surface area contributed by atoms with Crippen LogP contribution in [0.5, 0.6) is 0 Å². The van der Waals surface area contributed by atoms with Crippen molar-refractivity contribution in [2.45, 2.75) is 50.5 Å². The standard InChI is InChI=1S/C13H22O2S/c1-16-10-12(14)11-5-8-15-13(9-11)6-3-2-4-7-13/h11H,2-10H2,1H3. The highest BCUT2D eigenvalue weighted by atomic mass is 32.2. The van der Waals surface area contributed by atoms with Gasteiger partial charge in [0.15, 0.2) is 0 Å². The van der Waals surface area contributed by atoms with Crippen molar-refractivity contribution in [2.75, 3.05) is 18.6 Å². The first-order valence-corrected chi connectivity index (χ1v) is 7.81. The highest BCUT2D eigenvalue weighted by Gasteiger charge is 2.40.